The number of para-hydroxylation sites is 1. The average molecular weight is 470 g/mol. The predicted octanol–water partition coefficient (Wildman–Crippen LogP) is 4.77. The Hall–Kier alpha value is -3.52. The van der Waals surface area contributed by atoms with E-state index in [9.17, 15) is 9.90 Å². The summed E-state index contributed by atoms with van der Waals surface area (Å²) in [6.07, 6.45) is 3.13. The minimum atomic E-state index is -1.12. The lowest BCUT2D eigenvalue weighted by atomic mass is 10.0. The fourth-order valence-electron chi connectivity index (χ4n) is 3.97. The second-order valence-corrected chi connectivity index (χ2v) is 7.92. The number of carbonyl (C=O) groups is 1. The van der Waals surface area contributed by atoms with Crippen LogP contribution in [0.3, 0.4) is 0 Å². The van der Waals surface area contributed by atoms with Gasteiger partial charge in [0.1, 0.15) is 29.4 Å². The van der Waals surface area contributed by atoms with Crippen LogP contribution < -0.4 is 19.1 Å². The van der Waals surface area contributed by atoms with Crippen molar-refractivity contribution in [2.45, 2.75) is 25.5 Å². The molecule has 0 radical (unpaired) electrons. The first-order valence-electron chi connectivity index (χ1n) is 10.5. The summed E-state index contributed by atoms with van der Waals surface area (Å²) in [6.45, 7) is 0.671. The predicted molar refractivity (Wildman–Crippen MR) is 124 cm³/mol. The summed E-state index contributed by atoms with van der Waals surface area (Å²) in [7, 11) is 3.25. The summed E-state index contributed by atoms with van der Waals surface area (Å²) in [4.78, 5) is 22.8. The van der Waals surface area contributed by atoms with Crippen LogP contribution in [-0.2, 0) is 6.61 Å². The van der Waals surface area contributed by atoms with E-state index in [1.54, 1.807) is 38.5 Å². The number of carboxylic acid groups (broad SMARTS) is 1. The number of ether oxygens (including phenoxy) is 3. The number of aromatic carboxylic acids is 1. The van der Waals surface area contributed by atoms with Crippen molar-refractivity contribution >= 4 is 23.5 Å². The van der Waals surface area contributed by atoms with Crippen LogP contribution in [0.2, 0.25) is 5.02 Å². The molecule has 0 spiro atoms. The van der Waals surface area contributed by atoms with Crippen LogP contribution in [0.25, 0.3) is 0 Å². The van der Waals surface area contributed by atoms with Gasteiger partial charge in [-0.2, -0.15) is 0 Å². The van der Waals surface area contributed by atoms with Crippen LogP contribution in [0.4, 0.5) is 5.95 Å². The maximum absolute atomic E-state index is 11.8. The molecule has 1 aromatic heterocycles. The van der Waals surface area contributed by atoms with Gasteiger partial charge in [0.2, 0.25) is 5.95 Å². The van der Waals surface area contributed by atoms with Crippen LogP contribution in [0.15, 0.2) is 48.7 Å². The minimum Gasteiger partial charge on any atom is -0.497 e. The van der Waals surface area contributed by atoms with Gasteiger partial charge < -0.3 is 24.2 Å². The SMILES string of the molecule is COc1ccc(OC)c(C2CCCN2c2ncc(C(=O)O)c(COc3ccccc3Cl)n2)c1. The van der Waals surface area contributed by atoms with Crippen LogP contribution >= 0.6 is 11.6 Å². The summed E-state index contributed by atoms with van der Waals surface area (Å²) >= 11 is 6.16. The zero-order chi connectivity index (χ0) is 23.4. The van der Waals surface area contributed by atoms with E-state index in [-0.39, 0.29) is 23.9 Å². The van der Waals surface area contributed by atoms with E-state index in [0.717, 1.165) is 36.4 Å². The monoisotopic (exact) mass is 469 g/mol. The molecule has 1 atom stereocenters. The van der Waals surface area contributed by atoms with Crippen LogP contribution in [-0.4, -0.2) is 41.8 Å². The molecule has 1 N–H and O–H groups in total. The number of rotatable bonds is 8. The number of methoxy groups -OCH3 is 2. The van der Waals surface area contributed by atoms with E-state index in [1.165, 1.54) is 6.20 Å². The Balaban J connectivity index is 1.66. The van der Waals surface area contributed by atoms with E-state index in [0.29, 0.717) is 16.7 Å². The summed E-state index contributed by atoms with van der Waals surface area (Å²) in [6, 6.07) is 12.7. The molecule has 2 heterocycles. The van der Waals surface area contributed by atoms with Crippen LogP contribution in [0.1, 0.15) is 40.5 Å². The maximum Gasteiger partial charge on any atom is 0.339 e. The Morgan fingerprint density at radius 1 is 1.18 bits per heavy atom. The lowest BCUT2D eigenvalue weighted by Crippen LogP contribution is -2.26. The molecule has 33 heavy (non-hydrogen) atoms. The lowest BCUT2D eigenvalue weighted by molar-refractivity contribution is 0.0692. The van der Waals surface area contributed by atoms with Gasteiger partial charge in [0.15, 0.2) is 0 Å². The van der Waals surface area contributed by atoms with E-state index in [2.05, 4.69) is 14.9 Å². The molecule has 3 aromatic rings. The summed E-state index contributed by atoms with van der Waals surface area (Å²) in [5, 5.41) is 10.1. The van der Waals surface area contributed by atoms with Crippen molar-refractivity contribution in [3.05, 3.63) is 70.5 Å². The first kappa shape index (κ1) is 22.7. The van der Waals surface area contributed by atoms with Crippen LogP contribution in [0, 0.1) is 0 Å². The largest absolute Gasteiger partial charge is 0.497 e. The standard InChI is InChI=1S/C24H24ClN3O5/c1-31-15-9-10-21(32-2)16(12-15)20-7-5-11-28(20)24-26-13-17(23(29)30)19(27-24)14-33-22-8-4-3-6-18(22)25/h3-4,6,8-10,12-13,20H,5,7,11,14H2,1-2H3,(H,29,30). The second-order valence-electron chi connectivity index (χ2n) is 7.51. The minimum absolute atomic E-state index is 0.0134. The third-order valence-electron chi connectivity index (χ3n) is 5.59. The number of benzene rings is 2. The molecule has 9 heteroatoms. The number of aromatic nitrogens is 2. The highest BCUT2D eigenvalue weighted by atomic mass is 35.5. The van der Waals surface area contributed by atoms with Crippen molar-refractivity contribution in [3.63, 3.8) is 0 Å². The van der Waals surface area contributed by atoms with Crippen molar-refractivity contribution in [2.75, 3.05) is 25.7 Å². The fourth-order valence-corrected chi connectivity index (χ4v) is 4.16. The highest BCUT2D eigenvalue weighted by molar-refractivity contribution is 6.32. The van der Waals surface area contributed by atoms with Crippen LogP contribution in [0.5, 0.6) is 17.2 Å². The maximum atomic E-state index is 11.8. The summed E-state index contributed by atoms with van der Waals surface area (Å²) < 4.78 is 16.8. The summed E-state index contributed by atoms with van der Waals surface area (Å²) in [5.41, 5.74) is 1.23. The molecule has 1 unspecified atom stereocenters. The molecule has 0 saturated carbocycles. The molecule has 8 nitrogen and oxygen atoms in total. The van der Waals surface area contributed by atoms with Gasteiger partial charge in [0.05, 0.1) is 31.0 Å². The Bertz CT molecular complexity index is 1160. The van der Waals surface area contributed by atoms with Crippen molar-refractivity contribution in [1.82, 2.24) is 9.97 Å². The topological polar surface area (TPSA) is 94.0 Å². The quantitative estimate of drug-likeness (QED) is 0.504. The molecule has 0 aliphatic carbocycles. The first-order valence-corrected chi connectivity index (χ1v) is 10.8. The van der Waals surface area contributed by atoms with Gasteiger partial charge in [0.25, 0.3) is 0 Å². The smallest absolute Gasteiger partial charge is 0.339 e. The van der Waals surface area contributed by atoms with E-state index in [1.807, 2.05) is 18.2 Å². The third-order valence-corrected chi connectivity index (χ3v) is 5.90. The van der Waals surface area contributed by atoms with Gasteiger partial charge in [-0.3, -0.25) is 0 Å². The number of hydrogen-bond donors (Lipinski definition) is 1. The average Bonchev–Trinajstić information content (AvgIpc) is 3.32. The fraction of sp³-hybridized carbons (Fsp3) is 0.292. The van der Waals surface area contributed by atoms with Crippen molar-refractivity contribution in [3.8, 4) is 17.2 Å². The molecular formula is C24H24ClN3O5. The Morgan fingerprint density at radius 2 is 2.00 bits per heavy atom. The van der Waals surface area contributed by atoms with Gasteiger partial charge in [-0.05, 0) is 43.2 Å². The lowest BCUT2D eigenvalue weighted by Gasteiger charge is -2.27. The number of halogens is 1. The highest BCUT2D eigenvalue weighted by Gasteiger charge is 2.31. The number of nitrogens with zero attached hydrogens (tertiary/aromatic N) is 3. The number of carboxylic acids is 1. The zero-order valence-electron chi connectivity index (χ0n) is 18.3. The van der Waals surface area contributed by atoms with E-state index in [4.69, 9.17) is 25.8 Å². The molecular weight excluding hydrogens is 446 g/mol. The Kier molecular flexibility index (Phi) is 6.84. The van der Waals surface area contributed by atoms with Gasteiger partial charge in [-0.25, -0.2) is 14.8 Å². The normalized spacial score (nSPS) is 15.4. The molecule has 1 saturated heterocycles. The molecule has 1 aliphatic heterocycles. The zero-order valence-corrected chi connectivity index (χ0v) is 19.1. The molecule has 2 aromatic carbocycles. The van der Waals surface area contributed by atoms with E-state index < -0.39 is 5.97 Å². The molecule has 0 bridgehead atoms. The Labute approximate surface area is 196 Å². The molecule has 1 aliphatic rings. The Morgan fingerprint density at radius 3 is 2.73 bits per heavy atom. The van der Waals surface area contributed by atoms with Crippen molar-refractivity contribution in [2.24, 2.45) is 0 Å². The third kappa shape index (κ3) is 4.80. The molecule has 1 fully saturated rings. The highest BCUT2D eigenvalue weighted by Crippen LogP contribution is 2.40. The molecule has 0 amide bonds. The van der Waals surface area contributed by atoms with E-state index >= 15 is 0 Å². The second kappa shape index (κ2) is 9.95. The van der Waals surface area contributed by atoms with Crippen molar-refractivity contribution < 1.29 is 24.1 Å². The first-order chi connectivity index (χ1) is 16.0. The number of anilines is 1. The van der Waals surface area contributed by atoms with Gasteiger partial charge in [-0.1, -0.05) is 23.7 Å². The number of hydrogen-bond acceptors (Lipinski definition) is 7. The van der Waals surface area contributed by atoms with Gasteiger partial charge >= 0.3 is 5.97 Å². The van der Waals surface area contributed by atoms with Gasteiger partial charge in [0, 0.05) is 18.3 Å². The molecule has 172 valence electrons. The summed E-state index contributed by atoms with van der Waals surface area (Å²) in [5.74, 6) is 1.25. The van der Waals surface area contributed by atoms with Crippen molar-refractivity contribution in [1.29, 1.82) is 0 Å². The molecule has 4 rings (SSSR count). The van der Waals surface area contributed by atoms with Gasteiger partial charge in [-0.15, -0.1) is 0 Å².